The third-order valence-corrected chi connectivity index (χ3v) is 3.73. The lowest BCUT2D eigenvalue weighted by molar-refractivity contribution is -0.137. The molecule has 1 unspecified atom stereocenters. The maximum atomic E-state index is 10.6. The molecule has 0 saturated heterocycles. The van der Waals surface area contributed by atoms with E-state index in [1.165, 1.54) is 0 Å². The lowest BCUT2D eigenvalue weighted by Crippen LogP contribution is -2.13. The molecule has 0 aliphatic heterocycles. The van der Waals surface area contributed by atoms with Gasteiger partial charge in [0.1, 0.15) is 5.75 Å². The number of rotatable bonds is 6. The smallest absolute Gasteiger partial charge is 0.303 e. The molecule has 3 N–H and O–H groups in total. The number of benzene rings is 1. The molecule has 5 heteroatoms. The lowest BCUT2D eigenvalue weighted by atomic mass is 9.99. The minimum atomic E-state index is -0.844. The molecule has 1 saturated carbocycles. The zero-order valence-corrected chi connectivity index (χ0v) is 11.6. The number of hydrogen-bond donors (Lipinski definition) is 2. The van der Waals surface area contributed by atoms with Gasteiger partial charge in [0.2, 0.25) is 0 Å². The summed E-state index contributed by atoms with van der Waals surface area (Å²) >= 11 is 6.30. The minimum Gasteiger partial charge on any atom is -0.496 e. The predicted octanol–water partition coefficient (Wildman–Crippen LogP) is 3.09. The summed E-state index contributed by atoms with van der Waals surface area (Å²) in [4.78, 5) is 10.6. The number of carboxylic acids is 1. The van der Waals surface area contributed by atoms with Crippen LogP contribution in [0.4, 0.5) is 0 Å². The van der Waals surface area contributed by atoms with Gasteiger partial charge < -0.3 is 15.6 Å². The highest BCUT2D eigenvalue weighted by Gasteiger charge is 2.29. The van der Waals surface area contributed by atoms with E-state index in [2.05, 4.69) is 0 Å². The molecule has 1 aliphatic rings. The standard InChI is InChI=1S/C14H18ClNO3/c1-19-12-7-9(11(16)4-5-13(17)18)6-10(15)14(12)8-2-3-8/h6-8,11H,2-5,16H2,1H3,(H,17,18). The van der Waals surface area contributed by atoms with Crippen molar-refractivity contribution in [1.29, 1.82) is 0 Å². The second-order valence-electron chi connectivity index (χ2n) is 4.93. The van der Waals surface area contributed by atoms with Crippen LogP contribution >= 0.6 is 11.6 Å². The molecule has 1 aliphatic carbocycles. The normalized spacial score (nSPS) is 16.2. The Morgan fingerprint density at radius 3 is 2.79 bits per heavy atom. The highest BCUT2D eigenvalue weighted by Crippen LogP contribution is 2.48. The van der Waals surface area contributed by atoms with E-state index in [4.69, 9.17) is 27.2 Å². The summed E-state index contributed by atoms with van der Waals surface area (Å²) in [5.74, 6) is 0.408. The topological polar surface area (TPSA) is 72.5 Å². The summed E-state index contributed by atoms with van der Waals surface area (Å²) in [5.41, 5.74) is 7.88. The highest BCUT2D eigenvalue weighted by molar-refractivity contribution is 6.31. The molecule has 0 amide bonds. The van der Waals surface area contributed by atoms with Crippen LogP contribution in [0.5, 0.6) is 5.75 Å². The van der Waals surface area contributed by atoms with E-state index in [9.17, 15) is 4.79 Å². The van der Waals surface area contributed by atoms with Gasteiger partial charge in [-0.15, -0.1) is 0 Å². The van der Waals surface area contributed by atoms with Gasteiger partial charge in [-0.3, -0.25) is 4.79 Å². The van der Waals surface area contributed by atoms with Crippen molar-refractivity contribution < 1.29 is 14.6 Å². The molecule has 1 aromatic rings. The summed E-state index contributed by atoms with van der Waals surface area (Å²) in [7, 11) is 1.62. The van der Waals surface area contributed by atoms with Crippen LogP contribution in [0.1, 0.15) is 48.8 Å². The summed E-state index contributed by atoms with van der Waals surface area (Å²) in [5, 5.41) is 9.35. The zero-order chi connectivity index (χ0) is 14.0. The van der Waals surface area contributed by atoms with Crippen LogP contribution in [0.3, 0.4) is 0 Å². The Bertz CT molecular complexity index is 486. The number of methoxy groups -OCH3 is 1. The van der Waals surface area contributed by atoms with Gasteiger partial charge in [0.15, 0.2) is 0 Å². The Morgan fingerprint density at radius 1 is 1.58 bits per heavy atom. The van der Waals surface area contributed by atoms with Crippen LogP contribution in [0.2, 0.25) is 5.02 Å². The van der Waals surface area contributed by atoms with Crippen LogP contribution < -0.4 is 10.5 Å². The van der Waals surface area contributed by atoms with Crippen LogP contribution in [0, 0.1) is 0 Å². The van der Waals surface area contributed by atoms with Crippen LogP contribution in [-0.4, -0.2) is 18.2 Å². The van der Waals surface area contributed by atoms with Gasteiger partial charge in [-0.1, -0.05) is 11.6 Å². The van der Waals surface area contributed by atoms with Crippen molar-refractivity contribution in [3.63, 3.8) is 0 Å². The van der Waals surface area contributed by atoms with Gasteiger partial charge in [0.25, 0.3) is 0 Å². The molecular formula is C14H18ClNO3. The number of hydrogen-bond acceptors (Lipinski definition) is 3. The van der Waals surface area contributed by atoms with E-state index >= 15 is 0 Å². The monoisotopic (exact) mass is 283 g/mol. The van der Waals surface area contributed by atoms with Gasteiger partial charge in [-0.2, -0.15) is 0 Å². The molecule has 104 valence electrons. The van der Waals surface area contributed by atoms with Crippen molar-refractivity contribution in [2.75, 3.05) is 7.11 Å². The summed E-state index contributed by atoms with van der Waals surface area (Å²) in [6, 6.07) is 3.38. The van der Waals surface area contributed by atoms with Crippen molar-refractivity contribution >= 4 is 17.6 Å². The van der Waals surface area contributed by atoms with E-state index in [1.807, 2.05) is 12.1 Å². The van der Waals surface area contributed by atoms with E-state index < -0.39 is 5.97 Å². The summed E-state index contributed by atoms with van der Waals surface area (Å²) in [6.45, 7) is 0. The predicted molar refractivity (Wildman–Crippen MR) is 73.8 cm³/mol. The lowest BCUT2D eigenvalue weighted by Gasteiger charge is -2.16. The van der Waals surface area contributed by atoms with Crippen molar-refractivity contribution in [3.8, 4) is 5.75 Å². The second kappa shape index (κ2) is 5.80. The third kappa shape index (κ3) is 3.39. The van der Waals surface area contributed by atoms with Crippen LogP contribution in [0.25, 0.3) is 0 Å². The molecular weight excluding hydrogens is 266 g/mol. The van der Waals surface area contributed by atoms with E-state index in [1.54, 1.807) is 7.11 Å². The molecule has 1 fully saturated rings. The Balaban J connectivity index is 2.21. The summed E-state index contributed by atoms with van der Waals surface area (Å²) < 4.78 is 5.39. The quantitative estimate of drug-likeness (QED) is 0.841. The van der Waals surface area contributed by atoms with Crippen molar-refractivity contribution in [1.82, 2.24) is 0 Å². The largest absolute Gasteiger partial charge is 0.496 e. The van der Waals surface area contributed by atoms with Crippen molar-refractivity contribution in [2.24, 2.45) is 5.73 Å². The van der Waals surface area contributed by atoms with Gasteiger partial charge in [-0.25, -0.2) is 0 Å². The van der Waals surface area contributed by atoms with Crippen molar-refractivity contribution in [3.05, 3.63) is 28.3 Å². The average Bonchev–Trinajstić information content (AvgIpc) is 3.18. The Kier molecular flexibility index (Phi) is 4.32. The minimum absolute atomic E-state index is 0.0471. The number of carbonyl (C=O) groups is 1. The van der Waals surface area contributed by atoms with Gasteiger partial charge in [-0.05, 0) is 42.9 Å². The number of halogens is 1. The first-order chi connectivity index (χ1) is 9.02. The average molecular weight is 284 g/mol. The van der Waals surface area contributed by atoms with Crippen LogP contribution in [0.15, 0.2) is 12.1 Å². The first-order valence-corrected chi connectivity index (χ1v) is 6.75. The SMILES string of the molecule is COc1cc(C(N)CCC(=O)O)cc(Cl)c1C1CC1. The first-order valence-electron chi connectivity index (χ1n) is 6.37. The third-order valence-electron chi connectivity index (χ3n) is 3.42. The molecule has 0 radical (unpaired) electrons. The Morgan fingerprint density at radius 2 is 2.26 bits per heavy atom. The number of carboxylic acid groups (broad SMARTS) is 1. The van der Waals surface area contributed by atoms with Crippen LogP contribution in [-0.2, 0) is 4.79 Å². The van der Waals surface area contributed by atoms with Gasteiger partial charge >= 0.3 is 5.97 Å². The molecule has 2 rings (SSSR count). The highest BCUT2D eigenvalue weighted by atomic mass is 35.5. The van der Waals surface area contributed by atoms with Gasteiger partial charge in [0, 0.05) is 23.0 Å². The van der Waals surface area contributed by atoms with Gasteiger partial charge in [0.05, 0.1) is 7.11 Å². The summed E-state index contributed by atoms with van der Waals surface area (Å²) in [6.07, 6.45) is 2.71. The number of aliphatic carboxylic acids is 1. The fourth-order valence-corrected chi connectivity index (χ4v) is 2.58. The van der Waals surface area contributed by atoms with E-state index in [0.717, 1.165) is 29.7 Å². The molecule has 0 aromatic heterocycles. The second-order valence-corrected chi connectivity index (χ2v) is 5.34. The number of ether oxygens (including phenoxy) is 1. The van der Waals surface area contributed by atoms with Crippen molar-refractivity contribution in [2.45, 2.75) is 37.6 Å². The molecule has 1 atom stereocenters. The maximum Gasteiger partial charge on any atom is 0.303 e. The molecule has 1 aromatic carbocycles. The molecule has 0 heterocycles. The molecule has 0 spiro atoms. The molecule has 19 heavy (non-hydrogen) atoms. The maximum absolute atomic E-state index is 10.6. The van der Waals surface area contributed by atoms with E-state index in [0.29, 0.717) is 17.4 Å². The fraction of sp³-hybridized carbons (Fsp3) is 0.500. The molecule has 0 bridgehead atoms. The zero-order valence-electron chi connectivity index (χ0n) is 10.9. The molecule has 4 nitrogen and oxygen atoms in total. The number of nitrogens with two attached hydrogens (primary N) is 1. The first kappa shape index (κ1) is 14.2. The van der Waals surface area contributed by atoms with E-state index in [-0.39, 0.29) is 12.5 Å². The Hall–Kier alpha value is -1.26. The fourth-order valence-electron chi connectivity index (χ4n) is 2.21. The Labute approximate surface area is 117 Å².